The van der Waals surface area contributed by atoms with Gasteiger partial charge in [-0.05, 0) is 38.1 Å². The Morgan fingerprint density at radius 2 is 1.89 bits per heavy atom. The minimum absolute atomic E-state index is 0.0458. The summed E-state index contributed by atoms with van der Waals surface area (Å²) in [4.78, 5) is 22.2. The van der Waals surface area contributed by atoms with Crippen molar-refractivity contribution in [3.8, 4) is 0 Å². The van der Waals surface area contributed by atoms with Crippen molar-refractivity contribution in [1.82, 2.24) is 24.6 Å². The van der Waals surface area contributed by atoms with Crippen molar-refractivity contribution >= 4 is 16.8 Å². The molecule has 3 aromatic rings. The number of rotatable bonds is 3. The third-order valence-corrected chi connectivity index (χ3v) is 6.02. The van der Waals surface area contributed by atoms with E-state index in [-0.39, 0.29) is 5.91 Å². The monoisotopic (exact) mass is 375 g/mol. The number of likely N-dealkylation sites (tertiary alicyclic amines) is 1. The molecule has 0 spiro atoms. The van der Waals surface area contributed by atoms with E-state index in [0.29, 0.717) is 18.7 Å². The van der Waals surface area contributed by atoms with Crippen LogP contribution in [-0.4, -0.2) is 43.6 Å². The molecule has 144 valence electrons. The summed E-state index contributed by atoms with van der Waals surface area (Å²) in [5.74, 6) is 0.0458. The molecule has 2 aliphatic heterocycles. The highest BCUT2D eigenvalue weighted by molar-refractivity contribution is 6.05. The van der Waals surface area contributed by atoms with Crippen LogP contribution in [0.5, 0.6) is 0 Å². The summed E-state index contributed by atoms with van der Waals surface area (Å²) in [6, 6.07) is 9.72. The van der Waals surface area contributed by atoms with Crippen molar-refractivity contribution in [2.75, 3.05) is 13.1 Å². The predicted molar refractivity (Wildman–Crippen MR) is 108 cm³/mol. The lowest BCUT2D eigenvalue weighted by Gasteiger charge is -2.26. The van der Waals surface area contributed by atoms with Crippen molar-refractivity contribution in [1.29, 1.82) is 0 Å². The van der Waals surface area contributed by atoms with Crippen LogP contribution in [-0.2, 0) is 26.7 Å². The Bertz CT molecular complexity index is 1030. The van der Waals surface area contributed by atoms with E-state index < -0.39 is 0 Å². The molecule has 1 fully saturated rings. The van der Waals surface area contributed by atoms with Crippen molar-refractivity contribution < 1.29 is 4.79 Å². The largest absolute Gasteiger partial charge is 0.328 e. The van der Waals surface area contributed by atoms with Gasteiger partial charge in [-0.15, -0.1) is 0 Å². The van der Waals surface area contributed by atoms with E-state index in [0.717, 1.165) is 41.9 Å². The molecule has 0 unspecified atom stereocenters. The van der Waals surface area contributed by atoms with E-state index in [1.165, 1.54) is 24.8 Å². The summed E-state index contributed by atoms with van der Waals surface area (Å²) in [5.41, 5.74) is 4.97. The van der Waals surface area contributed by atoms with Gasteiger partial charge in [0.2, 0.25) is 0 Å². The number of amides is 1. The number of para-hydroxylation sites is 1. The number of hydrogen-bond acceptors (Lipinski definition) is 4. The van der Waals surface area contributed by atoms with Crippen molar-refractivity contribution in [2.45, 2.75) is 38.9 Å². The van der Waals surface area contributed by atoms with Crippen LogP contribution < -0.4 is 0 Å². The first kappa shape index (κ1) is 17.4. The Morgan fingerprint density at radius 1 is 1.07 bits per heavy atom. The van der Waals surface area contributed by atoms with Crippen LogP contribution in [0.3, 0.4) is 0 Å². The maximum atomic E-state index is 13.3. The van der Waals surface area contributed by atoms with Gasteiger partial charge < -0.3 is 4.90 Å². The SMILES string of the molecule is Cn1nc(CN2CCCCC2)c2c1CN(C(=O)c1cccc3cccnc13)C2. The van der Waals surface area contributed by atoms with E-state index >= 15 is 0 Å². The van der Waals surface area contributed by atoms with E-state index in [4.69, 9.17) is 5.10 Å². The van der Waals surface area contributed by atoms with Gasteiger partial charge in [0.25, 0.3) is 5.91 Å². The predicted octanol–water partition coefficient (Wildman–Crippen LogP) is 3.11. The number of benzene rings is 1. The topological polar surface area (TPSA) is 54.3 Å². The molecule has 0 bridgehead atoms. The molecule has 6 nitrogen and oxygen atoms in total. The second kappa shape index (κ2) is 7.02. The van der Waals surface area contributed by atoms with Gasteiger partial charge in [0.1, 0.15) is 0 Å². The smallest absolute Gasteiger partial charge is 0.256 e. The zero-order valence-corrected chi connectivity index (χ0v) is 16.3. The summed E-state index contributed by atoms with van der Waals surface area (Å²) in [7, 11) is 1.99. The van der Waals surface area contributed by atoms with Crippen LogP contribution >= 0.6 is 0 Å². The number of piperidine rings is 1. The molecule has 1 saturated heterocycles. The number of aryl methyl sites for hydroxylation is 1. The first-order valence-electron chi connectivity index (χ1n) is 10.1. The van der Waals surface area contributed by atoms with Crippen molar-refractivity contribution in [3.05, 3.63) is 59.0 Å². The van der Waals surface area contributed by atoms with Gasteiger partial charge in [0.05, 0.1) is 35.6 Å². The van der Waals surface area contributed by atoms with Crippen LogP contribution in [0.2, 0.25) is 0 Å². The van der Waals surface area contributed by atoms with E-state index in [1.54, 1.807) is 6.20 Å². The molecule has 2 aliphatic rings. The number of carbonyl (C=O) groups is 1. The molecule has 1 aromatic carbocycles. The first-order chi connectivity index (χ1) is 13.7. The molecule has 0 radical (unpaired) electrons. The maximum absolute atomic E-state index is 13.3. The highest BCUT2D eigenvalue weighted by atomic mass is 16.2. The lowest BCUT2D eigenvalue weighted by molar-refractivity contribution is 0.0749. The molecule has 2 aromatic heterocycles. The Morgan fingerprint density at radius 3 is 2.75 bits per heavy atom. The molecule has 0 aliphatic carbocycles. The molecule has 5 rings (SSSR count). The maximum Gasteiger partial charge on any atom is 0.256 e. The first-order valence-corrected chi connectivity index (χ1v) is 10.1. The third kappa shape index (κ3) is 2.98. The molecule has 4 heterocycles. The van der Waals surface area contributed by atoms with E-state index in [2.05, 4.69) is 9.88 Å². The highest BCUT2D eigenvalue weighted by Gasteiger charge is 2.31. The van der Waals surface area contributed by atoms with Gasteiger partial charge in [0.15, 0.2) is 0 Å². The summed E-state index contributed by atoms with van der Waals surface area (Å²) in [6.07, 6.45) is 5.62. The average Bonchev–Trinajstić information content (AvgIpc) is 3.29. The number of fused-ring (bicyclic) bond motifs is 2. The summed E-state index contributed by atoms with van der Waals surface area (Å²) >= 11 is 0. The third-order valence-electron chi connectivity index (χ3n) is 6.02. The normalized spacial score (nSPS) is 17.2. The number of pyridine rings is 1. The van der Waals surface area contributed by atoms with E-state index in [9.17, 15) is 4.79 Å². The standard InChI is InChI=1S/C22H25N5O/c1-25-20-15-27(13-18(20)19(24-25)14-26-11-3-2-4-12-26)22(28)17-9-5-7-16-8-6-10-23-21(16)17/h5-10H,2-4,11-15H2,1H3. The lowest BCUT2D eigenvalue weighted by Crippen LogP contribution is -2.30. The minimum atomic E-state index is 0.0458. The quantitative estimate of drug-likeness (QED) is 0.706. The Labute approximate surface area is 164 Å². The number of carbonyl (C=O) groups excluding carboxylic acids is 1. The molecular formula is C22H25N5O. The fourth-order valence-electron chi connectivity index (χ4n) is 4.52. The van der Waals surface area contributed by atoms with Crippen LogP contribution in [0.4, 0.5) is 0 Å². The Hall–Kier alpha value is -2.73. The van der Waals surface area contributed by atoms with Crippen molar-refractivity contribution in [2.24, 2.45) is 7.05 Å². The molecule has 1 amide bonds. The molecule has 28 heavy (non-hydrogen) atoms. The fourth-order valence-corrected chi connectivity index (χ4v) is 4.52. The summed E-state index contributed by atoms with van der Waals surface area (Å²) in [5, 5.41) is 5.77. The number of nitrogens with zero attached hydrogens (tertiary/aromatic N) is 5. The van der Waals surface area contributed by atoms with Crippen molar-refractivity contribution in [3.63, 3.8) is 0 Å². The van der Waals surface area contributed by atoms with Crippen LogP contribution in [0.15, 0.2) is 36.5 Å². The molecule has 6 heteroatoms. The Balaban J connectivity index is 1.40. The zero-order chi connectivity index (χ0) is 19.1. The summed E-state index contributed by atoms with van der Waals surface area (Å²) in [6.45, 7) is 4.43. The van der Waals surface area contributed by atoms with E-state index in [1.807, 2.05) is 47.0 Å². The fraction of sp³-hybridized carbons (Fsp3) is 0.409. The number of hydrogen-bond donors (Lipinski definition) is 0. The van der Waals surface area contributed by atoms with Gasteiger partial charge in [-0.25, -0.2) is 0 Å². The second-order valence-corrected chi connectivity index (χ2v) is 7.87. The molecule has 0 N–H and O–H groups in total. The van der Waals surface area contributed by atoms with Gasteiger partial charge >= 0.3 is 0 Å². The average molecular weight is 375 g/mol. The van der Waals surface area contributed by atoms with Crippen LogP contribution in [0.1, 0.15) is 46.6 Å². The van der Waals surface area contributed by atoms with Crippen LogP contribution in [0.25, 0.3) is 10.9 Å². The molecule has 0 saturated carbocycles. The Kier molecular flexibility index (Phi) is 4.36. The zero-order valence-electron chi connectivity index (χ0n) is 16.3. The van der Waals surface area contributed by atoms with Gasteiger partial charge in [-0.1, -0.05) is 24.6 Å². The molecule has 0 atom stereocenters. The van der Waals surface area contributed by atoms with Gasteiger partial charge in [-0.3, -0.25) is 19.4 Å². The van der Waals surface area contributed by atoms with Crippen LogP contribution in [0, 0.1) is 0 Å². The van der Waals surface area contributed by atoms with Gasteiger partial charge in [0, 0.05) is 30.7 Å². The second-order valence-electron chi connectivity index (χ2n) is 7.87. The highest BCUT2D eigenvalue weighted by Crippen LogP contribution is 2.29. The molecular weight excluding hydrogens is 350 g/mol. The summed E-state index contributed by atoms with van der Waals surface area (Å²) < 4.78 is 1.96. The minimum Gasteiger partial charge on any atom is -0.328 e. The van der Waals surface area contributed by atoms with Gasteiger partial charge in [-0.2, -0.15) is 5.10 Å². The lowest BCUT2D eigenvalue weighted by atomic mass is 10.1. The number of aromatic nitrogens is 3.